The summed E-state index contributed by atoms with van der Waals surface area (Å²) < 4.78 is 13.1. The molecule has 1 aliphatic rings. The van der Waals surface area contributed by atoms with Crippen molar-refractivity contribution in [1.29, 1.82) is 0 Å². The molecule has 0 radical (unpaired) electrons. The molecule has 2 N–H and O–H groups in total. The number of hydrogen-bond acceptors (Lipinski definition) is 1. The van der Waals surface area contributed by atoms with Gasteiger partial charge >= 0.3 is 0 Å². The molecule has 3 rings (SSSR count). The lowest BCUT2D eigenvalue weighted by Gasteiger charge is -2.32. The average molecular weight is 255 g/mol. The van der Waals surface area contributed by atoms with Crippen molar-refractivity contribution in [2.75, 3.05) is 0 Å². The third-order valence-electron chi connectivity index (χ3n) is 4.13. The molecular formula is C17H18FN. The number of rotatable bonds is 3. The maximum absolute atomic E-state index is 13.1. The number of benzene rings is 2. The van der Waals surface area contributed by atoms with Crippen molar-refractivity contribution >= 4 is 0 Å². The summed E-state index contributed by atoms with van der Waals surface area (Å²) in [5.41, 5.74) is 11.2. The van der Waals surface area contributed by atoms with Gasteiger partial charge in [0.05, 0.1) is 0 Å². The number of aryl methyl sites for hydroxylation is 1. The normalized spacial score (nSPS) is 18.6. The summed E-state index contributed by atoms with van der Waals surface area (Å²) >= 11 is 0. The highest BCUT2D eigenvalue weighted by molar-refractivity contribution is 5.40. The first-order chi connectivity index (χ1) is 9.15. The fourth-order valence-electron chi connectivity index (χ4n) is 3.06. The van der Waals surface area contributed by atoms with Crippen LogP contribution in [0.3, 0.4) is 0 Å². The Balaban J connectivity index is 1.75. The fourth-order valence-corrected chi connectivity index (χ4v) is 3.06. The third kappa shape index (κ3) is 2.28. The molecule has 0 saturated carbocycles. The van der Waals surface area contributed by atoms with Crippen LogP contribution < -0.4 is 5.73 Å². The van der Waals surface area contributed by atoms with Crippen LogP contribution in [0.2, 0.25) is 0 Å². The van der Waals surface area contributed by atoms with Gasteiger partial charge in [-0.2, -0.15) is 0 Å². The lowest BCUT2D eigenvalue weighted by Crippen LogP contribution is -2.23. The number of fused-ring (bicyclic) bond motifs is 1. The van der Waals surface area contributed by atoms with Crippen LogP contribution in [-0.2, 0) is 6.42 Å². The van der Waals surface area contributed by atoms with Gasteiger partial charge in [0.1, 0.15) is 5.82 Å². The summed E-state index contributed by atoms with van der Waals surface area (Å²) in [7, 11) is 0. The van der Waals surface area contributed by atoms with Crippen molar-refractivity contribution in [1.82, 2.24) is 0 Å². The van der Waals surface area contributed by atoms with Crippen molar-refractivity contribution in [2.45, 2.75) is 31.7 Å². The van der Waals surface area contributed by atoms with Gasteiger partial charge < -0.3 is 5.73 Å². The predicted octanol–water partition coefficient (Wildman–Crippen LogP) is 3.86. The largest absolute Gasteiger partial charge is 0.324 e. The van der Waals surface area contributed by atoms with Gasteiger partial charge in [0.15, 0.2) is 0 Å². The summed E-state index contributed by atoms with van der Waals surface area (Å²) in [5.74, 6) is 0.359. The molecule has 0 saturated heterocycles. The number of nitrogens with two attached hydrogens (primary N) is 1. The first kappa shape index (κ1) is 12.4. The Hall–Kier alpha value is -1.67. The molecule has 0 heterocycles. The Labute approximate surface area is 113 Å². The first-order valence-electron chi connectivity index (χ1n) is 6.74. The summed E-state index contributed by atoms with van der Waals surface area (Å²) in [6.07, 6.45) is 2.05. The number of halogens is 1. The lowest BCUT2D eigenvalue weighted by atomic mass is 9.73. The highest BCUT2D eigenvalue weighted by Crippen LogP contribution is 2.40. The van der Waals surface area contributed by atoms with E-state index in [-0.39, 0.29) is 11.9 Å². The minimum Gasteiger partial charge on any atom is -0.324 e. The van der Waals surface area contributed by atoms with Gasteiger partial charge in [-0.3, -0.25) is 0 Å². The van der Waals surface area contributed by atoms with E-state index in [9.17, 15) is 4.39 Å². The maximum Gasteiger partial charge on any atom is 0.123 e. The molecule has 1 aliphatic carbocycles. The Morgan fingerprint density at radius 3 is 2.79 bits per heavy atom. The van der Waals surface area contributed by atoms with Crippen molar-refractivity contribution in [3.63, 3.8) is 0 Å². The van der Waals surface area contributed by atoms with Gasteiger partial charge in [-0.1, -0.05) is 30.3 Å². The van der Waals surface area contributed by atoms with Crippen LogP contribution in [0, 0.1) is 12.7 Å². The molecule has 0 aromatic heterocycles. The molecule has 0 bridgehead atoms. The van der Waals surface area contributed by atoms with Crippen LogP contribution in [0.4, 0.5) is 4.39 Å². The predicted molar refractivity (Wildman–Crippen MR) is 75.6 cm³/mol. The van der Waals surface area contributed by atoms with Gasteiger partial charge in [-0.05, 0) is 60.1 Å². The molecule has 2 heteroatoms. The molecule has 0 fully saturated rings. The van der Waals surface area contributed by atoms with E-state index < -0.39 is 0 Å². The highest BCUT2D eigenvalue weighted by Gasteiger charge is 2.27. The van der Waals surface area contributed by atoms with E-state index in [0.717, 1.165) is 24.0 Å². The summed E-state index contributed by atoms with van der Waals surface area (Å²) in [5, 5.41) is 0. The Morgan fingerprint density at radius 1 is 1.26 bits per heavy atom. The van der Waals surface area contributed by atoms with Gasteiger partial charge in [0, 0.05) is 6.04 Å². The topological polar surface area (TPSA) is 26.0 Å². The Morgan fingerprint density at radius 2 is 2.05 bits per heavy atom. The zero-order valence-electron chi connectivity index (χ0n) is 11.1. The molecule has 2 unspecified atom stereocenters. The van der Waals surface area contributed by atoms with E-state index in [0.29, 0.717) is 5.92 Å². The highest BCUT2D eigenvalue weighted by atomic mass is 19.1. The van der Waals surface area contributed by atoms with Crippen LogP contribution in [-0.4, -0.2) is 0 Å². The van der Waals surface area contributed by atoms with E-state index in [1.165, 1.54) is 17.2 Å². The van der Waals surface area contributed by atoms with E-state index in [1.54, 1.807) is 6.07 Å². The molecule has 2 aromatic carbocycles. The van der Waals surface area contributed by atoms with Crippen molar-refractivity contribution in [2.24, 2.45) is 5.73 Å². The smallest absolute Gasteiger partial charge is 0.123 e. The van der Waals surface area contributed by atoms with Crippen LogP contribution >= 0.6 is 0 Å². The van der Waals surface area contributed by atoms with Crippen molar-refractivity contribution in [3.8, 4) is 0 Å². The second-order valence-electron chi connectivity index (χ2n) is 5.44. The monoisotopic (exact) mass is 255 g/mol. The average Bonchev–Trinajstić information content (AvgIpc) is 2.35. The Bertz CT molecular complexity index is 606. The van der Waals surface area contributed by atoms with Gasteiger partial charge in [-0.15, -0.1) is 0 Å². The standard InChI is InChI=1S/C17H18FN/c1-11-8-14(18)6-7-15(11)17(19)10-13-9-12-4-2-3-5-16(12)13/h2-8,13,17H,9-10,19H2,1H3. The zero-order valence-corrected chi connectivity index (χ0v) is 11.1. The maximum atomic E-state index is 13.1. The van der Waals surface area contributed by atoms with Gasteiger partial charge in [-0.25, -0.2) is 4.39 Å². The SMILES string of the molecule is Cc1cc(F)ccc1C(N)CC1Cc2ccccc21. The summed E-state index contributed by atoms with van der Waals surface area (Å²) in [4.78, 5) is 0. The summed E-state index contributed by atoms with van der Waals surface area (Å²) in [6.45, 7) is 1.92. The minimum absolute atomic E-state index is 0.0149. The Kier molecular flexibility index (Phi) is 3.11. The van der Waals surface area contributed by atoms with Crippen LogP contribution in [0.5, 0.6) is 0 Å². The quantitative estimate of drug-likeness (QED) is 0.885. The minimum atomic E-state index is -0.192. The zero-order chi connectivity index (χ0) is 13.4. The van der Waals surface area contributed by atoms with Crippen molar-refractivity contribution < 1.29 is 4.39 Å². The van der Waals surface area contributed by atoms with Crippen LogP contribution in [0.25, 0.3) is 0 Å². The van der Waals surface area contributed by atoms with Crippen LogP contribution in [0.15, 0.2) is 42.5 Å². The van der Waals surface area contributed by atoms with E-state index in [1.807, 2.05) is 13.0 Å². The first-order valence-corrected chi connectivity index (χ1v) is 6.74. The van der Waals surface area contributed by atoms with Gasteiger partial charge in [0.25, 0.3) is 0 Å². The molecule has 1 nitrogen and oxygen atoms in total. The van der Waals surface area contributed by atoms with Crippen LogP contribution in [0.1, 0.15) is 40.6 Å². The molecular weight excluding hydrogens is 237 g/mol. The number of hydrogen-bond donors (Lipinski definition) is 1. The van der Waals surface area contributed by atoms with E-state index in [4.69, 9.17) is 5.73 Å². The second kappa shape index (κ2) is 4.78. The molecule has 0 aliphatic heterocycles. The lowest BCUT2D eigenvalue weighted by molar-refractivity contribution is 0.496. The van der Waals surface area contributed by atoms with E-state index in [2.05, 4.69) is 24.3 Å². The summed E-state index contributed by atoms with van der Waals surface area (Å²) in [6, 6.07) is 13.4. The molecule has 0 spiro atoms. The molecule has 2 atom stereocenters. The second-order valence-corrected chi connectivity index (χ2v) is 5.44. The molecule has 0 amide bonds. The van der Waals surface area contributed by atoms with E-state index >= 15 is 0 Å². The third-order valence-corrected chi connectivity index (χ3v) is 4.13. The molecule has 19 heavy (non-hydrogen) atoms. The molecule has 98 valence electrons. The van der Waals surface area contributed by atoms with Crippen molar-refractivity contribution in [3.05, 3.63) is 70.5 Å². The fraction of sp³-hybridized carbons (Fsp3) is 0.294. The van der Waals surface area contributed by atoms with Gasteiger partial charge in [0.2, 0.25) is 0 Å². The molecule has 2 aromatic rings.